The summed E-state index contributed by atoms with van der Waals surface area (Å²) in [7, 11) is 1.74. The molecule has 0 spiro atoms. The average Bonchev–Trinajstić information content (AvgIpc) is 2.35. The van der Waals surface area contributed by atoms with Crippen LogP contribution in [0.4, 0.5) is 5.69 Å². The van der Waals surface area contributed by atoms with Gasteiger partial charge in [-0.25, -0.2) is 0 Å². The molecule has 1 unspecified atom stereocenters. The second kappa shape index (κ2) is 7.51. The van der Waals surface area contributed by atoms with Crippen LogP contribution in [0.5, 0.6) is 0 Å². The van der Waals surface area contributed by atoms with Crippen LogP contribution in [0, 0.1) is 0 Å². The molecule has 0 heterocycles. The summed E-state index contributed by atoms with van der Waals surface area (Å²) in [5.74, 6) is 0. The van der Waals surface area contributed by atoms with E-state index in [1.165, 1.54) is 11.3 Å². The van der Waals surface area contributed by atoms with Crippen LogP contribution in [0.1, 0.15) is 39.2 Å². The predicted molar refractivity (Wildman–Crippen MR) is 82.7 cm³/mol. The molecular weight excluding hydrogens is 236 g/mol. The molecule has 0 aromatic heterocycles. The number of ether oxygens (including phenoxy) is 1. The van der Waals surface area contributed by atoms with Crippen molar-refractivity contribution in [2.24, 2.45) is 5.73 Å². The lowest BCUT2D eigenvalue weighted by atomic mass is 9.85. The van der Waals surface area contributed by atoms with Crippen molar-refractivity contribution in [2.45, 2.75) is 45.1 Å². The minimum Gasteiger partial charge on any atom is -0.383 e. The van der Waals surface area contributed by atoms with E-state index in [0.29, 0.717) is 12.6 Å². The lowest BCUT2D eigenvalue weighted by Gasteiger charge is -2.26. The molecule has 1 rings (SSSR count). The molecule has 0 aliphatic carbocycles. The highest BCUT2D eigenvalue weighted by Gasteiger charge is 2.19. The standard InChI is InChI=1S/C16H28N2O/c1-16(2,3)14-9-5-6-10-15(14)18-13(12-19-4)8-7-11-17/h5-6,9-10,13,18H,7-8,11-12,17H2,1-4H3. The number of rotatable bonds is 7. The van der Waals surface area contributed by atoms with Crippen LogP contribution in [0.25, 0.3) is 0 Å². The Morgan fingerprint density at radius 1 is 1.26 bits per heavy atom. The van der Waals surface area contributed by atoms with E-state index in [-0.39, 0.29) is 5.41 Å². The molecule has 1 aromatic carbocycles. The van der Waals surface area contributed by atoms with E-state index in [1.807, 2.05) is 0 Å². The first-order valence-electron chi connectivity index (χ1n) is 7.04. The zero-order valence-electron chi connectivity index (χ0n) is 12.7. The highest BCUT2D eigenvalue weighted by atomic mass is 16.5. The molecule has 0 aliphatic rings. The molecule has 0 radical (unpaired) electrons. The van der Waals surface area contributed by atoms with Crippen molar-refractivity contribution in [2.75, 3.05) is 25.6 Å². The van der Waals surface area contributed by atoms with Crippen LogP contribution in [-0.2, 0) is 10.2 Å². The van der Waals surface area contributed by atoms with Gasteiger partial charge < -0.3 is 15.8 Å². The number of anilines is 1. The van der Waals surface area contributed by atoms with Crippen molar-refractivity contribution < 1.29 is 4.74 Å². The number of para-hydroxylation sites is 1. The molecule has 0 fully saturated rings. The van der Waals surface area contributed by atoms with Crippen molar-refractivity contribution in [3.63, 3.8) is 0 Å². The Morgan fingerprint density at radius 2 is 1.95 bits per heavy atom. The summed E-state index contributed by atoms with van der Waals surface area (Å²) in [6.07, 6.45) is 2.04. The van der Waals surface area contributed by atoms with E-state index in [0.717, 1.165) is 19.4 Å². The molecule has 0 amide bonds. The largest absolute Gasteiger partial charge is 0.383 e. The Hall–Kier alpha value is -1.06. The Bertz CT molecular complexity index is 371. The summed E-state index contributed by atoms with van der Waals surface area (Å²) < 4.78 is 5.30. The molecule has 3 heteroatoms. The van der Waals surface area contributed by atoms with Crippen LogP contribution < -0.4 is 11.1 Å². The van der Waals surface area contributed by atoms with Gasteiger partial charge in [0.1, 0.15) is 0 Å². The van der Waals surface area contributed by atoms with E-state index in [4.69, 9.17) is 10.5 Å². The Balaban J connectivity index is 2.83. The van der Waals surface area contributed by atoms with Gasteiger partial charge in [0.25, 0.3) is 0 Å². The number of methoxy groups -OCH3 is 1. The average molecular weight is 264 g/mol. The summed E-state index contributed by atoms with van der Waals surface area (Å²) in [5, 5.41) is 3.61. The first-order valence-corrected chi connectivity index (χ1v) is 7.04. The maximum absolute atomic E-state index is 5.60. The smallest absolute Gasteiger partial charge is 0.0664 e. The summed E-state index contributed by atoms with van der Waals surface area (Å²) in [6.45, 7) is 8.14. The molecule has 3 N–H and O–H groups in total. The third-order valence-electron chi connectivity index (χ3n) is 3.22. The zero-order valence-corrected chi connectivity index (χ0v) is 12.7. The molecule has 0 saturated carbocycles. The third kappa shape index (κ3) is 5.21. The Morgan fingerprint density at radius 3 is 2.53 bits per heavy atom. The molecule has 0 saturated heterocycles. The molecule has 108 valence electrons. The quantitative estimate of drug-likeness (QED) is 0.795. The first kappa shape index (κ1) is 16.0. The second-order valence-corrected chi connectivity index (χ2v) is 6.02. The number of nitrogens with two attached hydrogens (primary N) is 1. The molecule has 1 aromatic rings. The topological polar surface area (TPSA) is 47.3 Å². The van der Waals surface area contributed by atoms with Gasteiger partial charge in [-0.3, -0.25) is 0 Å². The van der Waals surface area contributed by atoms with Gasteiger partial charge in [-0.15, -0.1) is 0 Å². The monoisotopic (exact) mass is 264 g/mol. The fourth-order valence-corrected chi connectivity index (χ4v) is 2.25. The predicted octanol–water partition coefficient (Wildman–Crippen LogP) is 3.15. The number of hydrogen-bond donors (Lipinski definition) is 2. The van der Waals surface area contributed by atoms with Gasteiger partial charge in [-0.2, -0.15) is 0 Å². The number of nitrogens with one attached hydrogen (secondary N) is 1. The van der Waals surface area contributed by atoms with E-state index >= 15 is 0 Å². The normalized spacial score (nSPS) is 13.3. The highest BCUT2D eigenvalue weighted by Crippen LogP contribution is 2.29. The molecule has 1 atom stereocenters. The van der Waals surface area contributed by atoms with E-state index in [1.54, 1.807) is 7.11 Å². The van der Waals surface area contributed by atoms with Crippen molar-refractivity contribution in [3.8, 4) is 0 Å². The van der Waals surface area contributed by atoms with Gasteiger partial charge in [-0.05, 0) is 36.4 Å². The molecule has 19 heavy (non-hydrogen) atoms. The van der Waals surface area contributed by atoms with Crippen molar-refractivity contribution >= 4 is 5.69 Å². The van der Waals surface area contributed by atoms with Crippen molar-refractivity contribution in [1.29, 1.82) is 0 Å². The fraction of sp³-hybridized carbons (Fsp3) is 0.625. The Labute approximate surface area is 117 Å². The minimum atomic E-state index is 0.134. The third-order valence-corrected chi connectivity index (χ3v) is 3.22. The zero-order chi connectivity index (χ0) is 14.3. The van der Waals surface area contributed by atoms with Crippen molar-refractivity contribution in [3.05, 3.63) is 29.8 Å². The van der Waals surface area contributed by atoms with Crippen molar-refractivity contribution in [1.82, 2.24) is 0 Å². The van der Waals surface area contributed by atoms with Gasteiger partial charge in [0.2, 0.25) is 0 Å². The maximum Gasteiger partial charge on any atom is 0.0664 e. The van der Waals surface area contributed by atoms with Crippen LogP contribution >= 0.6 is 0 Å². The van der Waals surface area contributed by atoms with Crippen LogP contribution in [0.3, 0.4) is 0 Å². The van der Waals surface area contributed by atoms with E-state index in [2.05, 4.69) is 50.4 Å². The summed E-state index contributed by atoms with van der Waals surface area (Å²) >= 11 is 0. The molecular formula is C16H28N2O. The minimum absolute atomic E-state index is 0.134. The second-order valence-electron chi connectivity index (χ2n) is 6.02. The van der Waals surface area contributed by atoms with E-state index in [9.17, 15) is 0 Å². The molecule has 0 bridgehead atoms. The van der Waals surface area contributed by atoms with Gasteiger partial charge in [0, 0.05) is 18.8 Å². The first-order chi connectivity index (χ1) is 8.99. The van der Waals surface area contributed by atoms with Gasteiger partial charge in [0.15, 0.2) is 0 Å². The number of benzene rings is 1. The molecule has 3 nitrogen and oxygen atoms in total. The van der Waals surface area contributed by atoms with Gasteiger partial charge >= 0.3 is 0 Å². The number of hydrogen-bond acceptors (Lipinski definition) is 3. The summed E-state index contributed by atoms with van der Waals surface area (Å²) in [6, 6.07) is 8.82. The SMILES string of the molecule is COCC(CCCN)Nc1ccccc1C(C)(C)C. The lowest BCUT2D eigenvalue weighted by Crippen LogP contribution is -2.27. The van der Waals surface area contributed by atoms with Gasteiger partial charge in [0.05, 0.1) is 6.61 Å². The maximum atomic E-state index is 5.60. The van der Waals surface area contributed by atoms with Gasteiger partial charge in [-0.1, -0.05) is 39.0 Å². The lowest BCUT2D eigenvalue weighted by molar-refractivity contribution is 0.182. The highest BCUT2D eigenvalue weighted by molar-refractivity contribution is 5.54. The summed E-state index contributed by atoms with van der Waals surface area (Å²) in [5.41, 5.74) is 8.27. The Kier molecular flexibility index (Phi) is 6.32. The van der Waals surface area contributed by atoms with Crippen LogP contribution in [0.2, 0.25) is 0 Å². The van der Waals surface area contributed by atoms with Crippen LogP contribution in [-0.4, -0.2) is 26.3 Å². The summed E-state index contributed by atoms with van der Waals surface area (Å²) in [4.78, 5) is 0. The van der Waals surface area contributed by atoms with Crippen LogP contribution in [0.15, 0.2) is 24.3 Å². The molecule has 0 aliphatic heterocycles. The fourth-order valence-electron chi connectivity index (χ4n) is 2.25. The van der Waals surface area contributed by atoms with E-state index < -0.39 is 0 Å².